The first kappa shape index (κ1) is 23.4. The molecule has 0 saturated heterocycles. The number of nitrogens with one attached hydrogen (secondary N) is 1. The SMILES string of the molecule is COC(=O)c1ccc([C@H](C)NC(=O)c2c(C)nn3c2N(Cc2cccc(N(C)C)c2)CC3)cc1. The zero-order chi connectivity index (χ0) is 24.4. The van der Waals surface area contributed by atoms with Gasteiger partial charge in [0.2, 0.25) is 0 Å². The number of aryl methyl sites for hydroxylation is 1. The van der Waals surface area contributed by atoms with E-state index in [1.165, 1.54) is 12.7 Å². The van der Waals surface area contributed by atoms with Gasteiger partial charge in [-0.15, -0.1) is 0 Å². The monoisotopic (exact) mass is 461 g/mol. The Morgan fingerprint density at radius 1 is 1.15 bits per heavy atom. The van der Waals surface area contributed by atoms with Gasteiger partial charge in [-0.3, -0.25) is 4.79 Å². The highest BCUT2D eigenvalue weighted by atomic mass is 16.5. The summed E-state index contributed by atoms with van der Waals surface area (Å²) in [7, 11) is 5.41. The van der Waals surface area contributed by atoms with Gasteiger partial charge in [-0.05, 0) is 49.2 Å². The molecule has 0 radical (unpaired) electrons. The highest BCUT2D eigenvalue weighted by Gasteiger charge is 2.30. The summed E-state index contributed by atoms with van der Waals surface area (Å²) in [4.78, 5) is 29.3. The van der Waals surface area contributed by atoms with E-state index in [0.29, 0.717) is 23.4 Å². The number of nitrogens with zero attached hydrogens (tertiary/aromatic N) is 4. The average Bonchev–Trinajstić information content (AvgIpc) is 3.36. The third-order valence-corrected chi connectivity index (χ3v) is 6.19. The number of carbonyl (C=O) groups excluding carboxylic acids is 2. The van der Waals surface area contributed by atoms with Crippen molar-refractivity contribution in [1.82, 2.24) is 15.1 Å². The lowest BCUT2D eigenvalue weighted by molar-refractivity contribution is 0.0600. The zero-order valence-electron chi connectivity index (χ0n) is 20.3. The lowest BCUT2D eigenvalue weighted by atomic mass is 10.1. The molecule has 4 rings (SSSR count). The minimum atomic E-state index is -0.384. The van der Waals surface area contributed by atoms with Gasteiger partial charge in [0.25, 0.3) is 5.91 Å². The Balaban J connectivity index is 1.53. The maximum Gasteiger partial charge on any atom is 0.337 e. The number of aromatic nitrogens is 2. The molecular weight excluding hydrogens is 430 g/mol. The fourth-order valence-electron chi connectivity index (χ4n) is 4.32. The molecule has 3 aromatic rings. The third kappa shape index (κ3) is 4.62. The number of esters is 1. The second kappa shape index (κ2) is 9.59. The summed E-state index contributed by atoms with van der Waals surface area (Å²) in [5.74, 6) is 0.321. The van der Waals surface area contributed by atoms with E-state index in [9.17, 15) is 9.59 Å². The summed E-state index contributed by atoms with van der Waals surface area (Å²) < 4.78 is 6.68. The van der Waals surface area contributed by atoms with E-state index in [1.54, 1.807) is 12.1 Å². The molecule has 0 saturated carbocycles. The smallest absolute Gasteiger partial charge is 0.337 e. The molecule has 2 aromatic carbocycles. The van der Waals surface area contributed by atoms with E-state index in [4.69, 9.17) is 4.74 Å². The normalized spacial score (nSPS) is 13.4. The second-order valence-corrected chi connectivity index (χ2v) is 8.80. The number of rotatable bonds is 7. The summed E-state index contributed by atoms with van der Waals surface area (Å²) in [6.07, 6.45) is 0. The molecule has 0 fully saturated rings. The van der Waals surface area contributed by atoms with Crippen LogP contribution in [0.2, 0.25) is 0 Å². The van der Waals surface area contributed by atoms with Gasteiger partial charge >= 0.3 is 5.97 Å². The molecule has 0 bridgehead atoms. The van der Waals surface area contributed by atoms with Gasteiger partial charge in [0.05, 0.1) is 31.0 Å². The molecule has 178 valence electrons. The molecule has 0 aliphatic carbocycles. The summed E-state index contributed by atoms with van der Waals surface area (Å²) >= 11 is 0. The molecule has 0 spiro atoms. The van der Waals surface area contributed by atoms with Crippen molar-refractivity contribution in [3.05, 3.63) is 76.5 Å². The van der Waals surface area contributed by atoms with Gasteiger partial charge in [-0.25, -0.2) is 9.48 Å². The molecule has 1 aliphatic heterocycles. The Morgan fingerprint density at radius 3 is 2.56 bits per heavy atom. The van der Waals surface area contributed by atoms with Gasteiger partial charge in [0.1, 0.15) is 11.4 Å². The van der Waals surface area contributed by atoms with Crippen molar-refractivity contribution in [3.8, 4) is 0 Å². The van der Waals surface area contributed by atoms with E-state index >= 15 is 0 Å². The van der Waals surface area contributed by atoms with Gasteiger partial charge < -0.3 is 19.9 Å². The first-order valence-electron chi connectivity index (χ1n) is 11.4. The van der Waals surface area contributed by atoms with Gasteiger partial charge in [0, 0.05) is 32.9 Å². The van der Waals surface area contributed by atoms with Crippen LogP contribution >= 0.6 is 0 Å². The number of amides is 1. The quantitative estimate of drug-likeness (QED) is 0.542. The Bertz CT molecular complexity index is 1200. The maximum absolute atomic E-state index is 13.4. The van der Waals surface area contributed by atoms with Crippen LogP contribution in [0.4, 0.5) is 11.5 Å². The van der Waals surface area contributed by atoms with Crippen molar-refractivity contribution >= 4 is 23.4 Å². The van der Waals surface area contributed by atoms with Gasteiger partial charge in [-0.1, -0.05) is 24.3 Å². The molecule has 8 nitrogen and oxygen atoms in total. The fourth-order valence-corrected chi connectivity index (χ4v) is 4.32. The first-order chi connectivity index (χ1) is 16.3. The summed E-state index contributed by atoms with van der Waals surface area (Å²) in [6.45, 7) is 6.06. The molecule has 1 aliphatic rings. The van der Waals surface area contributed by atoms with Crippen LogP contribution in [0.5, 0.6) is 0 Å². The summed E-state index contributed by atoms with van der Waals surface area (Å²) in [5.41, 5.74) is 5.03. The minimum absolute atomic E-state index is 0.155. The maximum atomic E-state index is 13.4. The van der Waals surface area contributed by atoms with Crippen LogP contribution in [0.3, 0.4) is 0 Å². The molecule has 2 heterocycles. The van der Waals surface area contributed by atoms with Crippen LogP contribution in [0, 0.1) is 6.92 Å². The number of anilines is 2. The van der Waals surface area contributed by atoms with Gasteiger partial charge in [0.15, 0.2) is 0 Å². The van der Waals surface area contributed by atoms with Crippen molar-refractivity contribution in [2.45, 2.75) is 33.0 Å². The summed E-state index contributed by atoms with van der Waals surface area (Å²) in [5, 5.41) is 7.72. The molecule has 0 unspecified atom stereocenters. The molecule has 1 N–H and O–H groups in total. The van der Waals surface area contributed by atoms with Crippen LogP contribution in [0.25, 0.3) is 0 Å². The molecular formula is C26H31N5O3. The van der Waals surface area contributed by atoms with Crippen LogP contribution in [-0.4, -0.2) is 49.4 Å². The van der Waals surface area contributed by atoms with Crippen LogP contribution < -0.4 is 15.1 Å². The predicted octanol–water partition coefficient (Wildman–Crippen LogP) is 3.56. The van der Waals surface area contributed by atoms with Crippen LogP contribution in [0.15, 0.2) is 48.5 Å². The predicted molar refractivity (Wildman–Crippen MR) is 132 cm³/mol. The number of benzene rings is 2. The van der Waals surface area contributed by atoms with E-state index in [-0.39, 0.29) is 17.9 Å². The molecule has 34 heavy (non-hydrogen) atoms. The number of fused-ring (bicyclic) bond motifs is 1. The summed E-state index contributed by atoms with van der Waals surface area (Å²) in [6, 6.07) is 15.3. The van der Waals surface area contributed by atoms with E-state index < -0.39 is 0 Å². The van der Waals surface area contributed by atoms with Crippen molar-refractivity contribution < 1.29 is 14.3 Å². The van der Waals surface area contributed by atoms with Gasteiger partial charge in [-0.2, -0.15) is 5.10 Å². The fraction of sp³-hybridized carbons (Fsp3) is 0.346. The Labute approximate surface area is 200 Å². The van der Waals surface area contributed by atoms with Crippen molar-refractivity contribution in [3.63, 3.8) is 0 Å². The van der Waals surface area contributed by atoms with E-state index in [1.807, 2.05) is 44.8 Å². The second-order valence-electron chi connectivity index (χ2n) is 8.80. The number of ether oxygens (including phenoxy) is 1. The Kier molecular flexibility index (Phi) is 6.58. The van der Waals surface area contributed by atoms with Crippen molar-refractivity contribution in [2.75, 3.05) is 37.5 Å². The highest BCUT2D eigenvalue weighted by molar-refractivity contribution is 6.00. The first-order valence-corrected chi connectivity index (χ1v) is 11.4. The standard InChI is InChI=1S/C26H31N5O3/c1-17(20-9-11-21(12-10-20)26(33)34-5)27-24(32)23-18(2)28-31-14-13-30(25(23)31)16-19-7-6-8-22(15-19)29(3)4/h6-12,15,17H,13-14,16H2,1-5H3,(H,27,32)/t17-/m0/s1. The molecule has 1 atom stereocenters. The lowest BCUT2D eigenvalue weighted by Crippen LogP contribution is -2.29. The Hall–Kier alpha value is -3.81. The molecule has 8 heteroatoms. The van der Waals surface area contributed by atoms with Crippen LogP contribution in [-0.2, 0) is 17.8 Å². The molecule has 1 amide bonds. The third-order valence-electron chi connectivity index (χ3n) is 6.19. The number of hydrogen-bond donors (Lipinski definition) is 1. The van der Waals surface area contributed by atoms with Crippen molar-refractivity contribution in [2.24, 2.45) is 0 Å². The largest absolute Gasteiger partial charge is 0.465 e. The lowest BCUT2D eigenvalue weighted by Gasteiger charge is -2.21. The minimum Gasteiger partial charge on any atom is -0.465 e. The molecule has 1 aromatic heterocycles. The van der Waals surface area contributed by atoms with Crippen LogP contribution in [0.1, 0.15) is 50.5 Å². The van der Waals surface area contributed by atoms with Crippen molar-refractivity contribution in [1.29, 1.82) is 0 Å². The Morgan fingerprint density at radius 2 is 1.88 bits per heavy atom. The van der Waals surface area contributed by atoms with E-state index in [2.05, 4.69) is 44.5 Å². The van der Waals surface area contributed by atoms with E-state index in [0.717, 1.165) is 30.2 Å². The number of methoxy groups -OCH3 is 1. The number of hydrogen-bond acceptors (Lipinski definition) is 6. The topological polar surface area (TPSA) is 79.7 Å². The highest BCUT2D eigenvalue weighted by Crippen LogP contribution is 2.31. The average molecular weight is 462 g/mol. The number of carbonyl (C=O) groups is 2. The zero-order valence-corrected chi connectivity index (χ0v) is 20.3.